The van der Waals surface area contributed by atoms with Crippen molar-refractivity contribution in [3.8, 4) is 0 Å². The van der Waals surface area contributed by atoms with Gasteiger partial charge in [0.1, 0.15) is 5.69 Å². The summed E-state index contributed by atoms with van der Waals surface area (Å²) in [5, 5.41) is 2.68. The van der Waals surface area contributed by atoms with Crippen molar-refractivity contribution in [3.05, 3.63) is 16.1 Å². The summed E-state index contributed by atoms with van der Waals surface area (Å²) in [5.74, 6) is -0.0462. The standard InChI is InChI=1S/C10H14N2O2S/c1-7-12-8(6-15-7)9(13)10(11)2-4-14-5-3-10/h6H,2-5,11H2,1H3. The minimum absolute atomic E-state index is 0.0462. The molecule has 1 aliphatic heterocycles. The van der Waals surface area contributed by atoms with E-state index < -0.39 is 5.54 Å². The Labute approximate surface area is 92.5 Å². The van der Waals surface area contributed by atoms with Gasteiger partial charge in [-0.2, -0.15) is 0 Å². The van der Waals surface area contributed by atoms with Crippen LogP contribution in [0.5, 0.6) is 0 Å². The van der Waals surface area contributed by atoms with Gasteiger partial charge in [0.2, 0.25) is 5.78 Å². The normalized spacial score (nSPS) is 20.1. The zero-order valence-corrected chi connectivity index (χ0v) is 9.47. The largest absolute Gasteiger partial charge is 0.381 e. The number of rotatable bonds is 2. The molecule has 0 saturated carbocycles. The van der Waals surface area contributed by atoms with E-state index in [2.05, 4.69) is 4.98 Å². The smallest absolute Gasteiger partial charge is 0.201 e. The Balaban J connectivity index is 2.19. The molecule has 1 saturated heterocycles. The Morgan fingerprint density at radius 3 is 2.80 bits per heavy atom. The number of ether oxygens (including phenoxy) is 1. The third-order valence-electron chi connectivity index (χ3n) is 2.69. The van der Waals surface area contributed by atoms with Gasteiger partial charge in [-0.3, -0.25) is 4.79 Å². The molecule has 0 aliphatic carbocycles. The number of carbonyl (C=O) groups excluding carboxylic acids is 1. The van der Waals surface area contributed by atoms with E-state index in [0.29, 0.717) is 31.7 Å². The van der Waals surface area contributed by atoms with E-state index in [9.17, 15) is 4.79 Å². The van der Waals surface area contributed by atoms with Crippen molar-refractivity contribution in [1.29, 1.82) is 0 Å². The second-order valence-electron chi connectivity index (χ2n) is 3.85. The van der Waals surface area contributed by atoms with Crippen LogP contribution >= 0.6 is 11.3 Å². The summed E-state index contributed by atoms with van der Waals surface area (Å²) in [7, 11) is 0. The second kappa shape index (κ2) is 4.00. The lowest BCUT2D eigenvalue weighted by atomic mass is 9.85. The fourth-order valence-electron chi connectivity index (χ4n) is 1.69. The Morgan fingerprint density at radius 1 is 1.60 bits per heavy atom. The summed E-state index contributed by atoms with van der Waals surface area (Å²) >= 11 is 1.48. The van der Waals surface area contributed by atoms with Crippen LogP contribution < -0.4 is 5.73 Å². The number of hydrogen-bond acceptors (Lipinski definition) is 5. The molecule has 0 atom stereocenters. The van der Waals surface area contributed by atoms with Crippen molar-refractivity contribution in [2.45, 2.75) is 25.3 Å². The van der Waals surface area contributed by atoms with Gasteiger partial charge in [-0.1, -0.05) is 0 Å². The highest BCUT2D eigenvalue weighted by molar-refractivity contribution is 7.09. The number of aromatic nitrogens is 1. The highest BCUT2D eigenvalue weighted by Gasteiger charge is 2.37. The van der Waals surface area contributed by atoms with Crippen molar-refractivity contribution in [3.63, 3.8) is 0 Å². The fourth-order valence-corrected chi connectivity index (χ4v) is 2.28. The molecule has 0 unspecified atom stereocenters. The average molecular weight is 226 g/mol. The summed E-state index contributed by atoms with van der Waals surface area (Å²) in [6, 6.07) is 0. The molecule has 4 nitrogen and oxygen atoms in total. The van der Waals surface area contributed by atoms with Crippen LogP contribution in [0.4, 0.5) is 0 Å². The fraction of sp³-hybridized carbons (Fsp3) is 0.600. The number of nitrogens with zero attached hydrogens (tertiary/aromatic N) is 1. The van der Waals surface area contributed by atoms with Crippen molar-refractivity contribution < 1.29 is 9.53 Å². The lowest BCUT2D eigenvalue weighted by molar-refractivity contribution is 0.0445. The first-order valence-electron chi connectivity index (χ1n) is 4.95. The summed E-state index contributed by atoms with van der Waals surface area (Å²) in [6.45, 7) is 3.01. The van der Waals surface area contributed by atoms with Gasteiger partial charge >= 0.3 is 0 Å². The van der Waals surface area contributed by atoms with Gasteiger partial charge in [-0.15, -0.1) is 11.3 Å². The van der Waals surface area contributed by atoms with Gasteiger partial charge in [0, 0.05) is 18.6 Å². The molecule has 2 N–H and O–H groups in total. The van der Waals surface area contributed by atoms with Crippen LogP contribution in [0.3, 0.4) is 0 Å². The number of thiazole rings is 1. The van der Waals surface area contributed by atoms with Crippen LogP contribution in [-0.2, 0) is 4.74 Å². The maximum Gasteiger partial charge on any atom is 0.201 e. The highest BCUT2D eigenvalue weighted by atomic mass is 32.1. The Bertz CT molecular complexity index is 369. The van der Waals surface area contributed by atoms with Crippen LogP contribution in [-0.4, -0.2) is 29.5 Å². The van der Waals surface area contributed by atoms with Crippen LogP contribution in [0.1, 0.15) is 28.3 Å². The van der Waals surface area contributed by atoms with E-state index in [1.807, 2.05) is 6.92 Å². The van der Waals surface area contributed by atoms with Crippen LogP contribution in [0.25, 0.3) is 0 Å². The average Bonchev–Trinajstić information content (AvgIpc) is 2.65. The molecule has 2 heterocycles. The van der Waals surface area contributed by atoms with Crippen molar-refractivity contribution in [2.75, 3.05) is 13.2 Å². The highest BCUT2D eigenvalue weighted by Crippen LogP contribution is 2.23. The molecule has 15 heavy (non-hydrogen) atoms. The summed E-state index contributed by atoms with van der Waals surface area (Å²) in [4.78, 5) is 16.3. The molecule has 1 fully saturated rings. The number of ketones is 1. The third-order valence-corrected chi connectivity index (χ3v) is 3.46. The summed E-state index contributed by atoms with van der Waals surface area (Å²) in [6.07, 6.45) is 1.17. The summed E-state index contributed by atoms with van der Waals surface area (Å²) < 4.78 is 5.21. The zero-order valence-electron chi connectivity index (χ0n) is 8.66. The van der Waals surface area contributed by atoms with E-state index in [1.54, 1.807) is 5.38 Å². The van der Waals surface area contributed by atoms with Gasteiger partial charge < -0.3 is 10.5 Å². The van der Waals surface area contributed by atoms with Crippen LogP contribution in [0, 0.1) is 6.92 Å². The molecule has 0 spiro atoms. The number of aryl methyl sites for hydroxylation is 1. The molecular weight excluding hydrogens is 212 g/mol. The minimum Gasteiger partial charge on any atom is -0.381 e. The quantitative estimate of drug-likeness (QED) is 0.768. The first-order chi connectivity index (χ1) is 7.12. The molecule has 0 bridgehead atoms. The van der Waals surface area contributed by atoms with Gasteiger partial charge in [-0.05, 0) is 19.8 Å². The first kappa shape index (κ1) is 10.7. The SMILES string of the molecule is Cc1nc(C(=O)C2(N)CCOCC2)cs1. The van der Waals surface area contributed by atoms with Gasteiger partial charge in [0.05, 0.1) is 10.5 Å². The predicted octanol–water partition coefficient (Wildman–Crippen LogP) is 1.14. The van der Waals surface area contributed by atoms with Gasteiger partial charge in [-0.25, -0.2) is 4.98 Å². The third kappa shape index (κ3) is 2.09. The van der Waals surface area contributed by atoms with Gasteiger partial charge in [0.15, 0.2) is 0 Å². The minimum atomic E-state index is -0.765. The van der Waals surface area contributed by atoms with E-state index in [1.165, 1.54) is 11.3 Å². The molecule has 0 radical (unpaired) electrons. The van der Waals surface area contributed by atoms with Crippen LogP contribution in [0.15, 0.2) is 5.38 Å². The molecule has 5 heteroatoms. The maximum absolute atomic E-state index is 12.1. The molecular formula is C10H14N2O2S. The predicted molar refractivity (Wildman–Crippen MR) is 58.2 cm³/mol. The van der Waals surface area contributed by atoms with E-state index in [-0.39, 0.29) is 5.78 Å². The molecule has 1 aromatic rings. The topological polar surface area (TPSA) is 65.2 Å². The van der Waals surface area contributed by atoms with E-state index >= 15 is 0 Å². The number of hydrogen-bond donors (Lipinski definition) is 1. The summed E-state index contributed by atoms with van der Waals surface area (Å²) in [5.41, 5.74) is 5.82. The zero-order chi connectivity index (χ0) is 10.9. The Kier molecular flexibility index (Phi) is 2.86. The Hall–Kier alpha value is -0.780. The van der Waals surface area contributed by atoms with E-state index in [0.717, 1.165) is 5.01 Å². The number of nitrogens with two attached hydrogens (primary N) is 1. The maximum atomic E-state index is 12.1. The molecule has 1 aliphatic rings. The van der Waals surface area contributed by atoms with E-state index in [4.69, 9.17) is 10.5 Å². The van der Waals surface area contributed by atoms with Gasteiger partial charge in [0.25, 0.3) is 0 Å². The number of carbonyl (C=O) groups is 1. The monoisotopic (exact) mass is 226 g/mol. The molecule has 0 amide bonds. The lowest BCUT2D eigenvalue weighted by Gasteiger charge is -2.31. The van der Waals surface area contributed by atoms with Crippen molar-refractivity contribution >= 4 is 17.1 Å². The molecule has 0 aromatic carbocycles. The van der Waals surface area contributed by atoms with Crippen LogP contribution in [0.2, 0.25) is 0 Å². The molecule has 2 rings (SSSR count). The Morgan fingerprint density at radius 2 is 2.27 bits per heavy atom. The first-order valence-corrected chi connectivity index (χ1v) is 5.83. The number of Topliss-reactive ketones (excluding diaryl/α,β-unsaturated/α-hetero) is 1. The van der Waals surface area contributed by atoms with Crippen molar-refractivity contribution in [2.24, 2.45) is 5.73 Å². The molecule has 1 aromatic heterocycles. The molecule has 82 valence electrons. The van der Waals surface area contributed by atoms with Crippen molar-refractivity contribution in [1.82, 2.24) is 4.98 Å². The lowest BCUT2D eigenvalue weighted by Crippen LogP contribution is -2.52. The second-order valence-corrected chi connectivity index (χ2v) is 4.91.